The van der Waals surface area contributed by atoms with Crippen LogP contribution in [0.25, 0.3) is 0 Å². The third kappa shape index (κ3) is 6.34. The number of carbonyl (C=O) groups excluding carboxylic acids is 1. The summed E-state index contributed by atoms with van der Waals surface area (Å²) in [5, 5.41) is 0. The van der Waals surface area contributed by atoms with Gasteiger partial charge in [-0.05, 0) is 25.7 Å². The number of hydrogen-bond acceptors (Lipinski definition) is 2. The summed E-state index contributed by atoms with van der Waals surface area (Å²) in [6.07, 6.45) is -8.31. The summed E-state index contributed by atoms with van der Waals surface area (Å²) in [7, 11) is 0. The maximum atomic E-state index is 12.8. The zero-order chi connectivity index (χ0) is 16.1. The fourth-order valence-electron chi connectivity index (χ4n) is 1.49. The Bertz CT molecular complexity index is 347. The number of rotatable bonds is 7. The minimum Gasteiger partial charge on any atom is -0.459 e. The van der Waals surface area contributed by atoms with Gasteiger partial charge in [0.05, 0.1) is 0 Å². The SMILES string of the molecule is C=C(C)C(=O)OC(CCC(F)(F)C(F)(F)F)CC(C)C. The summed E-state index contributed by atoms with van der Waals surface area (Å²) in [6, 6.07) is 0. The lowest BCUT2D eigenvalue weighted by molar-refractivity contribution is -0.285. The normalized spacial score (nSPS) is 14.2. The van der Waals surface area contributed by atoms with Crippen molar-refractivity contribution in [1.29, 1.82) is 0 Å². The molecule has 118 valence electrons. The van der Waals surface area contributed by atoms with E-state index in [1.54, 1.807) is 13.8 Å². The van der Waals surface area contributed by atoms with Gasteiger partial charge < -0.3 is 4.74 Å². The zero-order valence-corrected chi connectivity index (χ0v) is 11.7. The Hall–Kier alpha value is -1.14. The van der Waals surface area contributed by atoms with Crippen LogP contribution in [0.4, 0.5) is 22.0 Å². The molecule has 7 heteroatoms. The molecule has 0 aliphatic heterocycles. The second-order valence-electron chi connectivity index (χ2n) is 5.18. The van der Waals surface area contributed by atoms with E-state index in [0.29, 0.717) is 0 Å². The van der Waals surface area contributed by atoms with Crippen LogP contribution in [0.5, 0.6) is 0 Å². The number of halogens is 5. The molecule has 0 aromatic rings. The van der Waals surface area contributed by atoms with E-state index < -0.39 is 37.0 Å². The van der Waals surface area contributed by atoms with Crippen molar-refractivity contribution in [3.63, 3.8) is 0 Å². The van der Waals surface area contributed by atoms with E-state index in [1.807, 2.05) is 0 Å². The molecule has 0 radical (unpaired) electrons. The molecule has 0 N–H and O–H groups in total. The predicted molar refractivity (Wildman–Crippen MR) is 64.4 cm³/mol. The molecule has 0 aromatic carbocycles. The molecule has 0 saturated heterocycles. The Morgan fingerprint density at radius 2 is 1.70 bits per heavy atom. The largest absolute Gasteiger partial charge is 0.459 e. The first-order valence-corrected chi connectivity index (χ1v) is 6.18. The number of ether oxygens (including phenoxy) is 1. The van der Waals surface area contributed by atoms with Crippen molar-refractivity contribution in [3.05, 3.63) is 12.2 Å². The van der Waals surface area contributed by atoms with Gasteiger partial charge in [0, 0.05) is 12.0 Å². The van der Waals surface area contributed by atoms with E-state index in [4.69, 9.17) is 4.74 Å². The topological polar surface area (TPSA) is 26.3 Å². The summed E-state index contributed by atoms with van der Waals surface area (Å²) in [5.74, 6) is -5.57. The van der Waals surface area contributed by atoms with Crippen LogP contribution < -0.4 is 0 Å². The van der Waals surface area contributed by atoms with Crippen molar-refractivity contribution in [2.24, 2.45) is 5.92 Å². The van der Waals surface area contributed by atoms with Crippen molar-refractivity contribution in [3.8, 4) is 0 Å². The summed E-state index contributed by atoms with van der Waals surface area (Å²) in [5.41, 5.74) is 0.0707. The van der Waals surface area contributed by atoms with Crippen LogP contribution in [0, 0.1) is 5.92 Å². The fraction of sp³-hybridized carbons (Fsp3) is 0.769. The molecule has 0 fully saturated rings. The average Bonchev–Trinajstić information content (AvgIpc) is 2.23. The lowest BCUT2D eigenvalue weighted by Gasteiger charge is -2.24. The third-order valence-corrected chi connectivity index (χ3v) is 2.55. The maximum absolute atomic E-state index is 12.8. The molecule has 20 heavy (non-hydrogen) atoms. The van der Waals surface area contributed by atoms with Gasteiger partial charge in [0.25, 0.3) is 0 Å². The summed E-state index contributed by atoms with van der Waals surface area (Å²) < 4.78 is 66.8. The van der Waals surface area contributed by atoms with Gasteiger partial charge in [0.2, 0.25) is 0 Å². The monoisotopic (exact) mass is 302 g/mol. The second-order valence-corrected chi connectivity index (χ2v) is 5.18. The number of carbonyl (C=O) groups is 1. The van der Waals surface area contributed by atoms with Crippen molar-refractivity contribution < 1.29 is 31.5 Å². The minimum absolute atomic E-state index is 0.00238. The molecule has 0 aromatic heterocycles. The highest BCUT2D eigenvalue weighted by atomic mass is 19.4. The van der Waals surface area contributed by atoms with Crippen LogP contribution in [0.2, 0.25) is 0 Å². The van der Waals surface area contributed by atoms with Crippen LogP contribution >= 0.6 is 0 Å². The first kappa shape index (κ1) is 18.9. The van der Waals surface area contributed by atoms with E-state index in [0.717, 1.165) is 0 Å². The van der Waals surface area contributed by atoms with Gasteiger partial charge in [0.15, 0.2) is 0 Å². The highest BCUT2D eigenvalue weighted by Gasteiger charge is 2.56. The quantitative estimate of drug-likeness (QED) is 0.393. The van der Waals surface area contributed by atoms with Gasteiger partial charge in [-0.25, -0.2) is 4.79 Å². The van der Waals surface area contributed by atoms with E-state index in [1.165, 1.54) is 6.92 Å². The van der Waals surface area contributed by atoms with E-state index >= 15 is 0 Å². The van der Waals surface area contributed by atoms with Gasteiger partial charge in [-0.2, -0.15) is 22.0 Å². The van der Waals surface area contributed by atoms with Gasteiger partial charge >= 0.3 is 18.1 Å². The summed E-state index contributed by atoms with van der Waals surface area (Å²) in [4.78, 5) is 11.3. The summed E-state index contributed by atoms with van der Waals surface area (Å²) in [6.45, 7) is 8.21. The standard InChI is InChI=1S/C13H19F5O2/c1-8(2)7-10(20-11(19)9(3)4)5-6-12(14,15)13(16,17)18/h8,10H,3,5-7H2,1-2,4H3. The molecule has 1 atom stereocenters. The predicted octanol–water partition coefficient (Wildman–Crippen LogP) is 4.50. The molecular weight excluding hydrogens is 283 g/mol. The summed E-state index contributed by atoms with van der Waals surface area (Å²) >= 11 is 0. The zero-order valence-electron chi connectivity index (χ0n) is 11.7. The second kappa shape index (κ2) is 7.04. The average molecular weight is 302 g/mol. The van der Waals surface area contributed by atoms with Crippen LogP contribution in [-0.4, -0.2) is 24.2 Å². The lowest BCUT2D eigenvalue weighted by Crippen LogP contribution is -2.37. The van der Waals surface area contributed by atoms with E-state index in [-0.39, 0.29) is 17.9 Å². The number of esters is 1. The highest BCUT2D eigenvalue weighted by Crippen LogP contribution is 2.39. The Labute approximate surface area is 115 Å². The minimum atomic E-state index is -5.59. The molecule has 0 saturated carbocycles. The Morgan fingerprint density at radius 3 is 2.05 bits per heavy atom. The van der Waals surface area contributed by atoms with E-state index in [2.05, 4.69) is 6.58 Å². The van der Waals surface area contributed by atoms with Gasteiger partial charge in [-0.15, -0.1) is 0 Å². The van der Waals surface area contributed by atoms with Gasteiger partial charge in [-0.1, -0.05) is 20.4 Å². The third-order valence-electron chi connectivity index (χ3n) is 2.55. The smallest absolute Gasteiger partial charge is 0.453 e. The van der Waals surface area contributed by atoms with Crippen molar-refractivity contribution in [2.75, 3.05) is 0 Å². The molecule has 0 bridgehead atoms. The Balaban J connectivity index is 4.67. The Morgan fingerprint density at radius 1 is 1.20 bits per heavy atom. The molecule has 0 aliphatic rings. The van der Waals surface area contributed by atoms with Crippen molar-refractivity contribution in [1.82, 2.24) is 0 Å². The first-order chi connectivity index (χ1) is 8.86. The maximum Gasteiger partial charge on any atom is 0.453 e. The highest BCUT2D eigenvalue weighted by molar-refractivity contribution is 5.87. The molecule has 0 amide bonds. The number of hydrogen-bond donors (Lipinski definition) is 0. The molecule has 0 spiro atoms. The van der Waals surface area contributed by atoms with Crippen LogP contribution in [0.1, 0.15) is 40.0 Å². The molecule has 0 heterocycles. The van der Waals surface area contributed by atoms with Crippen LogP contribution in [0.15, 0.2) is 12.2 Å². The number of alkyl halides is 5. The molecule has 0 rings (SSSR count). The van der Waals surface area contributed by atoms with Crippen molar-refractivity contribution in [2.45, 2.75) is 58.2 Å². The van der Waals surface area contributed by atoms with E-state index in [9.17, 15) is 26.7 Å². The van der Waals surface area contributed by atoms with Crippen LogP contribution in [0.3, 0.4) is 0 Å². The Kier molecular flexibility index (Phi) is 6.64. The molecule has 2 nitrogen and oxygen atoms in total. The lowest BCUT2D eigenvalue weighted by atomic mass is 10.00. The molecule has 0 aliphatic carbocycles. The molecular formula is C13H19F5O2. The molecule has 1 unspecified atom stereocenters. The van der Waals surface area contributed by atoms with Gasteiger partial charge in [-0.3, -0.25) is 0 Å². The van der Waals surface area contributed by atoms with Crippen molar-refractivity contribution >= 4 is 5.97 Å². The van der Waals surface area contributed by atoms with Gasteiger partial charge in [0.1, 0.15) is 6.10 Å². The van der Waals surface area contributed by atoms with Crippen LogP contribution in [-0.2, 0) is 9.53 Å². The first-order valence-electron chi connectivity index (χ1n) is 6.18. The fourth-order valence-corrected chi connectivity index (χ4v) is 1.49.